The van der Waals surface area contributed by atoms with Gasteiger partial charge in [0.15, 0.2) is 35.3 Å². The van der Waals surface area contributed by atoms with Crippen LogP contribution in [0.15, 0.2) is 130 Å². The Labute approximate surface area is 444 Å². The van der Waals surface area contributed by atoms with E-state index >= 15 is 0 Å². The quantitative estimate of drug-likeness (QED) is 0.116. The van der Waals surface area contributed by atoms with Gasteiger partial charge in [-0.2, -0.15) is 9.13 Å². The number of aryl methyl sites for hydroxylation is 16. The van der Waals surface area contributed by atoms with Crippen molar-refractivity contribution in [3.05, 3.63) is 168 Å². The van der Waals surface area contributed by atoms with Gasteiger partial charge in [-0.3, -0.25) is 9.36 Å². The Morgan fingerprint density at radius 2 is 1.12 bits per heavy atom. The number of aldehydes is 1. The fourth-order valence-corrected chi connectivity index (χ4v) is 7.73. The molecule has 1 aromatic carbocycles. The molecular formula is C51H78Cl2N18O3+8. The maximum atomic E-state index is 10.3. The van der Waals surface area contributed by atoms with Crippen LogP contribution in [0, 0.1) is 17.0 Å². The molecule has 0 aliphatic heterocycles. The topological polar surface area (TPSA) is 144 Å². The number of benzene rings is 1. The second-order valence-electron chi connectivity index (χ2n) is 17.6. The summed E-state index contributed by atoms with van der Waals surface area (Å²) in [6, 6.07) is 12.4. The zero-order chi connectivity index (χ0) is 55.6. The molecule has 396 valence electrons. The molecule has 0 amide bonds. The van der Waals surface area contributed by atoms with Gasteiger partial charge >= 0.3 is 17.4 Å². The smallest absolute Gasteiger partial charge is 0.320 e. The number of hydrogen-bond donors (Lipinski definition) is 0. The third-order valence-electron chi connectivity index (χ3n) is 11.7. The van der Waals surface area contributed by atoms with E-state index in [1.165, 1.54) is 31.8 Å². The molecule has 9 heterocycles. The zero-order valence-electron chi connectivity index (χ0n) is 46.4. The molecule has 0 spiro atoms. The van der Waals surface area contributed by atoms with Crippen molar-refractivity contribution in [2.75, 3.05) is 0 Å². The van der Waals surface area contributed by atoms with Crippen molar-refractivity contribution >= 4 is 57.6 Å². The number of rotatable bonds is 3. The summed E-state index contributed by atoms with van der Waals surface area (Å²) in [4.78, 5) is 24.4. The first-order chi connectivity index (χ1) is 34.8. The third-order valence-corrected chi connectivity index (χ3v) is 12.7. The van der Waals surface area contributed by atoms with Gasteiger partial charge in [-0.25, -0.2) is 59.4 Å². The summed E-state index contributed by atoms with van der Waals surface area (Å²) in [6.45, 7) is 4.25. The largest absolute Gasteiger partial charge is 0.579 e. The summed E-state index contributed by atoms with van der Waals surface area (Å²) in [7, 11) is 31.0. The summed E-state index contributed by atoms with van der Waals surface area (Å²) < 4.78 is 30.7. The van der Waals surface area contributed by atoms with E-state index in [-0.39, 0.29) is 5.95 Å². The van der Waals surface area contributed by atoms with Crippen LogP contribution in [-0.2, 0) is 119 Å². The van der Waals surface area contributed by atoms with Crippen molar-refractivity contribution in [3.63, 3.8) is 0 Å². The normalized spacial score (nSPS) is 10.1. The molecule has 23 heteroatoms. The van der Waals surface area contributed by atoms with Crippen LogP contribution in [0.3, 0.4) is 0 Å². The van der Waals surface area contributed by atoms with Gasteiger partial charge in [0, 0.05) is 13.3 Å². The first-order valence-corrected chi connectivity index (χ1v) is 24.2. The number of para-hydroxylation sites is 2. The number of halogens is 2. The molecule has 0 bridgehead atoms. The van der Waals surface area contributed by atoms with Crippen molar-refractivity contribution in [3.8, 4) is 0 Å². The van der Waals surface area contributed by atoms with Gasteiger partial charge in [0.05, 0.1) is 104 Å². The maximum absolute atomic E-state index is 10.3. The van der Waals surface area contributed by atoms with Crippen LogP contribution in [-0.4, -0.2) is 52.7 Å². The van der Waals surface area contributed by atoms with Crippen LogP contribution in [0.25, 0.3) is 22.2 Å². The van der Waals surface area contributed by atoms with E-state index < -0.39 is 4.92 Å². The monoisotopic (exact) mass is 1060 g/mol. The Balaban J connectivity index is 0.000000224. The highest BCUT2D eigenvalue weighted by Gasteiger charge is 2.22. The summed E-state index contributed by atoms with van der Waals surface area (Å²) >= 11 is 11.4. The van der Waals surface area contributed by atoms with E-state index in [9.17, 15) is 14.9 Å². The molecule has 74 heavy (non-hydrogen) atoms. The maximum Gasteiger partial charge on any atom is 0.579 e. The standard InChI is InChI=1S/C9H11N2.C8H10N3.C7H13N2.C6H9N2O.C6H11N2.C5H7Cl2N2.C5H8N3O2.C5H9N2/c1-10-7-11(2)9-6-4-3-5-8(9)10;1-10-6-11(2)8-7(10)4-3-5-9-8;1-4-7-8(2)5-6-9(7)3;1-7-3-4-8(2)6(7)5-9;1-6-7(2)4-5-8(6)3;1-8-3-9(2)5(7)4(8)6;1-6-3-4-7(2)5(6)8(9)10;1-6-3-4-7(2)5-6/h3-7H,1-2H3;3-6H,1-2H3;5-6H,4H2,1-3H3;3-5H,1-2H3;4-5H,1-3H3;3H,1-2H3;3-4H,1-2H3;3-5H,1-2H3/q8*+1. The van der Waals surface area contributed by atoms with E-state index in [0.29, 0.717) is 16.1 Å². The molecule has 9 aromatic heterocycles. The number of hydrogen-bond acceptors (Lipinski definition) is 4. The summed E-state index contributed by atoms with van der Waals surface area (Å²) in [6.07, 6.45) is 30.8. The highest BCUT2D eigenvalue weighted by molar-refractivity contribution is 6.39. The Kier molecular flexibility index (Phi) is 23.3. The second kappa shape index (κ2) is 28.5. The Bertz CT molecular complexity index is 3090. The van der Waals surface area contributed by atoms with Gasteiger partial charge < -0.3 is 10.1 Å². The predicted octanol–water partition coefficient (Wildman–Crippen LogP) is 2.40. The number of imidazole rings is 8. The second-order valence-corrected chi connectivity index (χ2v) is 18.3. The number of nitro groups is 1. The van der Waals surface area contributed by atoms with Crippen molar-refractivity contribution in [1.82, 2.24) is 41.5 Å². The molecule has 0 atom stereocenters. The van der Waals surface area contributed by atoms with Gasteiger partial charge in [-0.05, 0) is 47.5 Å². The average Bonchev–Trinajstić information content (AvgIpc) is 4.27. The van der Waals surface area contributed by atoms with Crippen LogP contribution in [0.1, 0.15) is 29.2 Å². The highest BCUT2D eigenvalue weighted by Crippen LogP contribution is 2.15. The molecule has 0 unspecified atom stereocenters. The fourth-order valence-electron chi connectivity index (χ4n) is 7.38. The fraction of sp³-hybridized carbons (Fsp3) is 0.373. The molecule has 0 radical (unpaired) electrons. The van der Waals surface area contributed by atoms with Crippen molar-refractivity contribution < 1.29 is 46.3 Å². The Morgan fingerprint density at radius 3 is 1.46 bits per heavy atom. The molecule has 0 fully saturated rings. The Hall–Kier alpha value is -7.78. The minimum absolute atomic E-state index is 0.0833. The molecule has 0 N–H and O–H groups in total. The van der Waals surface area contributed by atoms with E-state index in [1.807, 2.05) is 153 Å². The minimum Gasteiger partial charge on any atom is -0.320 e. The van der Waals surface area contributed by atoms with Gasteiger partial charge in [0.2, 0.25) is 25.3 Å². The highest BCUT2D eigenvalue weighted by atomic mass is 35.5. The van der Waals surface area contributed by atoms with Crippen LogP contribution < -0.4 is 36.5 Å². The van der Waals surface area contributed by atoms with Gasteiger partial charge in [0.1, 0.15) is 69.9 Å². The summed E-state index contributed by atoms with van der Waals surface area (Å²) in [5.74, 6) is 3.38. The lowest BCUT2D eigenvalue weighted by Gasteiger charge is -1.90. The molecule has 10 aromatic rings. The molecule has 0 saturated heterocycles. The van der Waals surface area contributed by atoms with Crippen molar-refractivity contribution in [2.45, 2.75) is 20.3 Å². The van der Waals surface area contributed by atoms with E-state index in [4.69, 9.17) is 23.2 Å². The van der Waals surface area contributed by atoms with Crippen LogP contribution >= 0.6 is 23.2 Å². The van der Waals surface area contributed by atoms with E-state index in [0.717, 1.165) is 23.9 Å². The van der Waals surface area contributed by atoms with Crippen LogP contribution in [0.4, 0.5) is 5.95 Å². The Morgan fingerprint density at radius 1 is 0.581 bits per heavy atom. The average molecular weight is 1060 g/mol. The predicted molar refractivity (Wildman–Crippen MR) is 282 cm³/mol. The molecule has 0 aliphatic carbocycles. The number of carbonyl (C=O) groups excluding carboxylic acids is 1. The van der Waals surface area contributed by atoms with Crippen LogP contribution in [0.5, 0.6) is 0 Å². The summed E-state index contributed by atoms with van der Waals surface area (Å²) in [5.41, 5.74) is 4.73. The van der Waals surface area contributed by atoms with Gasteiger partial charge in [0.25, 0.3) is 22.0 Å². The lowest BCUT2D eigenvalue weighted by molar-refractivity contribution is -0.716. The molecule has 0 aliphatic rings. The lowest BCUT2D eigenvalue weighted by atomic mass is 10.3. The minimum atomic E-state index is -0.417. The van der Waals surface area contributed by atoms with Crippen molar-refractivity contribution in [2.24, 2.45) is 113 Å². The molecule has 10 rings (SSSR count). The number of carbonyl (C=O) groups is 1. The number of aromatic nitrogens is 17. The number of fused-ring (bicyclic) bond motifs is 2. The number of nitrogens with zero attached hydrogens (tertiary/aromatic N) is 18. The van der Waals surface area contributed by atoms with E-state index in [2.05, 4.69) is 128 Å². The lowest BCUT2D eigenvalue weighted by Crippen LogP contribution is -2.31. The number of pyridine rings is 1. The van der Waals surface area contributed by atoms with Crippen molar-refractivity contribution in [1.29, 1.82) is 0 Å². The molecular weight excluding hydrogens is 984 g/mol. The van der Waals surface area contributed by atoms with Gasteiger partial charge in [-0.1, -0.05) is 19.1 Å². The zero-order valence-corrected chi connectivity index (χ0v) is 48.0. The van der Waals surface area contributed by atoms with E-state index in [1.54, 1.807) is 44.8 Å². The molecule has 0 saturated carbocycles. The SMILES string of the molecule is CCc1n(C)cc[n+]1C.Cc1n(C)cc[n+]1C.Cn1c[n+](C)c(Cl)c1Cl.Cn1c[n+](C)c2ccccc21.Cn1c[n+](C)c2ncccc21.Cn1cc[n+](C)c1.Cn1cc[n+](C)c1C=O.Cn1cc[n+](C)c1[N+](=O)[O-]. The van der Waals surface area contributed by atoms with Gasteiger partial charge in [-0.15, -0.1) is 4.98 Å². The first kappa shape index (κ1) is 60.5. The van der Waals surface area contributed by atoms with Crippen LogP contribution in [0.2, 0.25) is 10.3 Å². The third kappa shape index (κ3) is 16.9. The molecule has 21 nitrogen and oxygen atoms in total. The summed E-state index contributed by atoms with van der Waals surface area (Å²) in [5, 5.41) is 11.4. The first-order valence-electron chi connectivity index (χ1n) is 23.4.